The van der Waals surface area contributed by atoms with Crippen LogP contribution in [0.25, 0.3) is 0 Å². The fourth-order valence-electron chi connectivity index (χ4n) is 5.07. The van der Waals surface area contributed by atoms with E-state index in [1.54, 1.807) is 13.2 Å². The number of hydrogen-bond acceptors (Lipinski definition) is 6. The van der Waals surface area contributed by atoms with Crippen molar-refractivity contribution < 1.29 is 18.3 Å². The number of aromatic nitrogens is 2. The first-order chi connectivity index (χ1) is 17.0. The lowest BCUT2D eigenvalue weighted by molar-refractivity contribution is 0.181. The van der Waals surface area contributed by atoms with E-state index >= 15 is 0 Å². The highest BCUT2D eigenvalue weighted by molar-refractivity contribution is 7.89. The summed E-state index contributed by atoms with van der Waals surface area (Å²) in [6.45, 7) is 6.91. The molecule has 2 N–H and O–H groups in total. The number of hydrogen-bond donors (Lipinski definition) is 2. The van der Waals surface area contributed by atoms with Crippen LogP contribution in [0.3, 0.4) is 0 Å². The Labute approximate surface area is 212 Å². The molecule has 2 atom stereocenters. The van der Waals surface area contributed by atoms with Crippen molar-refractivity contribution in [3.63, 3.8) is 0 Å². The molecule has 1 aliphatic carbocycles. The van der Waals surface area contributed by atoms with E-state index in [2.05, 4.69) is 26.1 Å². The third-order valence-corrected chi connectivity index (χ3v) is 8.88. The van der Waals surface area contributed by atoms with Gasteiger partial charge in [0, 0.05) is 30.8 Å². The quantitative estimate of drug-likeness (QED) is 0.498. The molecule has 1 saturated carbocycles. The number of rotatable bonds is 6. The minimum atomic E-state index is -3.62. The fraction of sp³-hybridized carbons (Fsp3) is 0.444. The number of aliphatic hydroxyl groups is 1. The lowest BCUT2D eigenvalue weighted by Gasteiger charge is -2.23. The molecule has 2 aliphatic rings. The zero-order chi connectivity index (χ0) is 25.7. The lowest BCUT2D eigenvalue weighted by atomic mass is 10.0. The van der Waals surface area contributed by atoms with Gasteiger partial charge in [-0.1, -0.05) is 18.2 Å². The second kappa shape index (κ2) is 9.21. The number of nitrogens with one attached hydrogen (secondary N) is 1. The summed E-state index contributed by atoms with van der Waals surface area (Å²) in [6, 6.07) is 15.0. The normalized spacial score (nSPS) is 21.5. The van der Waals surface area contributed by atoms with E-state index in [0.717, 1.165) is 47.7 Å². The van der Waals surface area contributed by atoms with Crippen molar-refractivity contribution in [3.8, 4) is 5.75 Å². The second-order valence-electron chi connectivity index (χ2n) is 10.8. The number of benzene rings is 2. The molecule has 0 radical (unpaired) electrons. The Hall–Kier alpha value is -2.88. The van der Waals surface area contributed by atoms with Gasteiger partial charge in [0.25, 0.3) is 0 Å². The largest absolute Gasteiger partial charge is 0.497 e. The van der Waals surface area contributed by atoms with Gasteiger partial charge in [0.2, 0.25) is 10.0 Å². The van der Waals surface area contributed by atoms with E-state index in [0.29, 0.717) is 23.7 Å². The predicted molar refractivity (Wildman–Crippen MR) is 139 cm³/mol. The first-order valence-electron chi connectivity index (χ1n) is 12.4. The molecule has 8 nitrogen and oxygen atoms in total. The minimum absolute atomic E-state index is 0.232. The highest BCUT2D eigenvalue weighted by Gasteiger charge is 2.35. The van der Waals surface area contributed by atoms with Crippen molar-refractivity contribution in [1.29, 1.82) is 0 Å². The molecular formula is C27H34N4O4S. The Morgan fingerprint density at radius 2 is 1.86 bits per heavy atom. The third-order valence-electron chi connectivity index (χ3n) is 7.01. The summed E-state index contributed by atoms with van der Waals surface area (Å²) in [5.74, 6) is 1.78. The van der Waals surface area contributed by atoms with Crippen LogP contribution in [0.5, 0.6) is 5.75 Å². The van der Waals surface area contributed by atoms with E-state index in [-0.39, 0.29) is 17.6 Å². The van der Waals surface area contributed by atoms with Gasteiger partial charge >= 0.3 is 0 Å². The summed E-state index contributed by atoms with van der Waals surface area (Å²) in [6.07, 6.45) is 2.17. The van der Waals surface area contributed by atoms with Gasteiger partial charge in [-0.15, -0.1) is 0 Å². The van der Waals surface area contributed by atoms with Gasteiger partial charge in [0.15, 0.2) is 0 Å². The maximum atomic E-state index is 13.4. The van der Waals surface area contributed by atoms with Crippen LogP contribution in [-0.2, 0) is 28.7 Å². The molecule has 1 fully saturated rings. The molecule has 1 aliphatic heterocycles. The van der Waals surface area contributed by atoms with Gasteiger partial charge in [-0.3, -0.25) is 0 Å². The minimum Gasteiger partial charge on any atom is -0.497 e. The molecule has 5 rings (SSSR count). The van der Waals surface area contributed by atoms with Crippen LogP contribution < -0.4 is 10.1 Å². The highest BCUT2D eigenvalue weighted by atomic mass is 32.2. The Morgan fingerprint density at radius 1 is 1.11 bits per heavy atom. The molecule has 192 valence electrons. The fourth-order valence-corrected chi connectivity index (χ4v) is 6.71. The van der Waals surface area contributed by atoms with Gasteiger partial charge in [-0.05, 0) is 75.4 Å². The summed E-state index contributed by atoms with van der Waals surface area (Å²) in [7, 11) is -2.01. The number of methoxy groups -OCH3 is 1. The van der Waals surface area contributed by atoms with Gasteiger partial charge < -0.3 is 15.2 Å². The number of nitrogens with zero attached hydrogens (tertiary/aromatic N) is 3. The molecule has 36 heavy (non-hydrogen) atoms. The molecule has 1 aromatic heterocycles. The second-order valence-corrected chi connectivity index (χ2v) is 12.7. The van der Waals surface area contributed by atoms with E-state index in [1.807, 2.05) is 47.1 Å². The Bertz CT molecular complexity index is 1360. The average Bonchev–Trinajstić information content (AvgIpc) is 3.51. The molecule has 3 aromatic rings. The van der Waals surface area contributed by atoms with E-state index in [4.69, 9.17) is 9.84 Å². The van der Waals surface area contributed by atoms with Crippen molar-refractivity contribution in [2.75, 3.05) is 12.4 Å². The molecule has 0 bridgehead atoms. The highest BCUT2D eigenvalue weighted by Crippen LogP contribution is 2.38. The molecule has 9 heteroatoms. The van der Waals surface area contributed by atoms with Crippen molar-refractivity contribution in [1.82, 2.24) is 14.1 Å². The summed E-state index contributed by atoms with van der Waals surface area (Å²) in [5.41, 5.74) is 3.09. The Balaban J connectivity index is 1.39. The summed E-state index contributed by atoms with van der Waals surface area (Å²) < 4.78 is 35.4. The number of sulfonamides is 1. The summed E-state index contributed by atoms with van der Waals surface area (Å²) >= 11 is 0. The number of fused-ring (bicyclic) bond motifs is 1. The zero-order valence-corrected chi connectivity index (χ0v) is 22.0. The smallest absolute Gasteiger partial charge is 0.244 e. The summed E-state index contributed by atoms with van der Waals surface area (Å²) in [4.78, 5) is 0.335. The first-order valence-corrected chi connectivity index (χ1v) is 13.8. The van der Waals surface area contributed by atoms with Crippen LogP contribution >= 0.6 is 0 Å². The number of ether oxygens (including phenoxy) is 1. The molecule has 2 heterocycles. The van der Waals surface area contributed by atoms with Crippen LogP contribution in [-0.4, -0.2) is 40.8 Å². The third kappa shape index (κ3) is 4.75. The monoisotopic (exact) mass is 510 g/mol. The van der Waals surface area contributed by atoms with E-state index in [9.17, 15) is 13.5 Å². The topological polar surface area (TPSA) is 96.7 Å². The zero-order valence-electron chi connectivity index (χ0n) is 21.2. The molecule has 2 aromatic carbocycles. The predicted octanol–water partition coefficient (Wildman–Crippen LogP) is 4.72. The van der Waals surface area contributed by atoms with Crippen molar-refractivity contribution in [2.24, 2.45) is 0 Å². The molecule has 0 unspecified atom stereocenters. The van der Waals surface area contributed by atoms with Crippen LogP contribution in [0.2, 0.25) is 0 Å². The lowest BCUT2D eigenvalue weighted by Crippen LogP contribution is -2.25. The standard InChI is InChI=1S/C27H34N4O4S/c1-27(2,3)31-26(15-24(29-31)19-8-10-22(32)13-19)28-21-9-7-20-17-30(36(33,34)25(20)14-21)16-18-5-11-23(35-4)12-6-18/h5-7,9,11-12,14-15,19,22,28,32H,8,10,13,16-17H2,1-4H3/t19-,22+/m0/s1. The van der Waals surface area contributed by atoms with Crippen molar-refractivity contribution >= 4 is 21.5 Å². The average molecular weight is 511 g/mol. The van der Waals surface area contributed by atoms with Crippen LogP contribution in [0.15, 0.2) is 53.4 Å². The molecule has 0 spiro atoms. The van der Waals surface area contributed by atoms with Gasteiger partial charge in [0.05, 0.1) is 29.3 Å². The summed E-state index contributed by atoms with van der Waals surface area (Å²) in [5, 5.41) is 18.3. The van der Waals surface area contributed by atoms with Crippen molar-refractivity contribution in [2.45, 2.75) is 75.6 Å². The van der Waals surface area contributed by atoms with E-state index < -0.39 is 10.0 Å². The Morgan fingerprint density at radius 3 is 2.50 bits per heavy atom. The van der Waals surface area contributed by atoms with Crippen LogP contribution in [0.4, 0.5) is 11.5 Å². The molecule has 0 saturated heterocycles. The van der Waals surface area contributed by atoms with Crippen LogP contribution in [0.1, 0.15) is 62.8 Å². The molecular weight excluding hydrogens is 476 g/mol. The number of aliphatic hydroxyl groups excluding tert-OH is 1. The number of anilines is 2. The van der Waals surface area contributed by atoms with Gasteiger partial charge in [-0.2, -0.15) is 9.40 Å². The Kier molecular flexibility index (Phi) is 6.34. The van der Waals surface area contributed by atoms with Crippen molar-refractivity contribution in [3.05, 3.63) is 65.4 Å². The van der Waals surface area contributed by atoms with Gasteiger partial charge in [0.1, 0.15) is 11.6 Å². The SMILES string of the molecule is COc1ccc(CN2Cc3ccc(Nc4cc([C@H]5CC[C@@H](O)C5)nn4C(C)(C)C)cc3S2(=O)=O)cc1. The maximum absolute atomic E-state index is 13.4. The maximum Gasteiger partial charge on any atom is 0.244 e. The van der Waals surface area contributed by atoms with Crippen LogP contribution in [0, 0.1) is 0 Å². The van der Waals surface area contributed by atoms with E-state index in [1.165, 1.54) is 4.31 Å². The molecule has 0 amide bonds. The first kappa shape index (κ1) is 24.8. The van der Waals surface area contributed by atoms with Gasteiger partial charge in [-0.25, -0.2) is 13.1 Å².